The van der Waals surface area contributed by atoms with Crippen LogP contribution in [-0.4, -0.2) is 16.5 Å². The third-order valence-corrected chi connectivity index (χ3v) is 4.16. The molecule has 4 nitrogen and oxygen atoms in total. The lowest BCUT2D eigenvalue weighted by molar-refractivity contribution is -0.151. The van der Waals surface area contributed by atoms with Crippen LogP contribution < -0.4 is 0 Å². The number of para-hydroxylation sites is 1. The molecule has 1 aromatic heterocycles. The molecular weight excluding hydrogens is 278 g/mol. The summed E-state index contributed by atoms with van der Waals surface area (Å²) in [5.41, 5.74) is 4.65. The number of hydrogen-bond donors (Lipinski definition) is 0. The van der Waals surface area contributed by atoms with E-state index in [9.17, 15) is 9.59 Å². The molecule has 0 bridgehead atoms. The van der Waals surface area contributed by atoms with Gasteiger partial charge in [0.2, 0.25) is 0 Å². The molecule has 0 aliphatic carbocycles. The summed E-state index contributed by atoms with van der Waals surface area (Å²) in [7, 11) is 2.02. The average molecular weight is 295 g/mol. The van der Waals surface area contributed by atoms with Crippen LogP contribution in [0.1, 0.15) is 24.6 Å². The Labute approximate surface area is 128 Å². The van der Waals surface area contributed by atoms with Crippen LogP contribution in [-0.2, 0) is 21.4 Å². The third kappa shape index (κ3) is 2.26. The number of cyclic esters (lactones) is 2. The van der Waals surface area contributed by atoms with E-state index in [1.54, 1.807) is 0 Å². The maximum absolute atomic E-state index is 11.6. The van der Waals surface area contributed by atoms with Crippen molar-refractivity contribution in [3.63, 3.8) is 0 Å². The van der Waals surface area contributed by atoms with Gasteiger partial charge in [-0.25, -0.2) is 4.79 Å². The highest BCUT2D eigenvalue weighted by molar-refractivity contribution is 6.06. The normalized spacial score (nSPS) is 17.6. The number of aryl methyl sites for hydroxylation is 2. The molecule has 0 N–H and O–H groups in total. The number of carbonyl (C=O) groups is 2. The number of fused-ring (bicyclic) bond motifs is 1. The Morgan fingerprint density at radius 3 is 2.64 bits per heavy atom. The van der Waals surface area contributed by atoms with E-state index in [1.807, 2.05) is 38.3 Å². The summed E-state index contributed by atoms with van der Waals surface area (Å²) >= 11 is 0. The maximum Gasteiger partial charge on any atom is 0.342 e. The van der Waals surface area contributed by atoms with Crippen LogP contribution in [0.3, 0.4) is 0 Å². The van der Waals surface area contributed by atoms with E-state index >= 15 is 0 Å². The van der Waals surface area contributed by atoms with Crippen molar-refractivity contribution in [1.29, 1.82) is 0 Å². The van der Waals surface area contributed by atoms with Crippen LogP contribution in [0.4, 0.5) is 0 Å². The van der Waals surface area contributed by atoms with Crippen molar-refractivity contribution >= 4 is 28.9 Å². The van der Waals surface area contributed by atoms with Crippen molar-refractivity contribution in [1.82, 2.24) is 4.57 Å². The van der Waals surface area contributed by atoms with Crippen molar-refractivity contribution in [3.8, 4) is 0 Å². The standard InChI is InChI=1S/C18H17NO3/c1-11(14-10-17(20)22-18(14)21)8-9-15-12(2)13-6-4-5-7-16(13)19(15)3/h4-9H,10H2,1-3H3/b9-8+,14-11+. The number of hydrogen-bond acceptors (Lipinski definition) is 3. The number of ether oxygens (including phenoxy) is 1. The Hall–Kier alpha value is -2.62. The van der Waals surface area contributed by atoms with Crippen LogP contribution in [0.25, 0.3) is 17.0 Å². The van der Waals surface area contributed by atoms with E-state index in [0.29, 0.717) is 5.57 Å². The zero-order valence-electron chi connectivity index (χ0n) is 12.8. The second-order valence-corrected chi connectivity index (χ2v) is 5.52. The van der Waals surface area contributed by atoms with Gasteiger partial charge < -0.3 is 9.30 Å². The van der Waals surface area contributed by atoms with E-state index in [2.05, 4.69) is 28.4 Å². The fraction of sp³-hybridized carbons (Fsp3) is 0.222. The maximum atomic E-state index is 11.6. The van der Waals surface area contributed by atoms with Crippen LogP contribution in [0.5, 0.6) is 0 Å². The summed E-state index contributed by atoms with van der Waals surface area (Å²) in [5.74, 6) is -1.01. The van der Waals surface area contributed by atoms with Gasteiger partial charge in [0, 0.05) is 23.6 Å². The largest absolute Gasteiger partial charge is 0.389 e. The van der Waals surface area contributed by atoms with Crippen molar-refractivity contribution < 1.29 is 14.3 Å². The number of allylic oxidation sites excluding steroid dienone is 2. The third-order valence-electron chi connectivity index (χ3n) is 4.16. The SMILES string of the molecule is CC(/C=C/c1c(C)c2ccccc2n1C)=C1/CC(=O)OC1=O. The fourth-order valence-electron chi connectivity index (χ4n) is 2.86. The number of carbonyl (C=O) groups excluding carboxylic acids is 2. The molecule has 0 radical (unpaired) electrons. The zero-order chi connectivity index (χ0) is 15.9. The van der Waals surface area contributed by atoms with E-state index in [0.717, 1.165) is 11.3 Å². The predicted octanol–water partition coefficient (Wildman–Crippen LogP) is 3.29. The molecule has 22 heavy (non-hydrogen) atoms. The zero-order valence-corrected chi connectivity index (χ0v) is 12.8. The van der Waals surface area contributed by atoms with Crippen molar-refractivity contribution in [2.45, 2.75) is 20.3 Å². The summed E-state index contributed by atoms with van der Waals surface area (Å²) in [6, 6.07) is 8.22. The highest BCUT2D eigenvalue weighted by Gasteiger charge is 2.28. The molecule has 0 unspecified atom stereocenters. The Balaban J connectivity index is 2.02. The molecule has 112 valence electrons. The smallest absolute Gasteiger partial charge is 0.342 e. The summed E-state index contributed by atoms with van der Waals surface area (Å²) in [6.45, 7) is 3.90. The second-order valence-electron chi connectivity index (χ2n) is 5.52. The minimum absolute atomic E-state index is 0.0586. The molecule has 0 spiro atoms. The molecule has 1 aliphatic rings. The lowest BCUT2D eigenvalue weighted by Gasteiger charge is -2.01. The average Bonchev–Trinajstić information content (AvgIpc) is 2.96. The molecule has 0 atom stereocenters. The Bertz CT molecular complexity index is 814. The van der Waals surface area contributed by atoms with E-state index in [1.165, 1.54) is 16.5 Å². The Morgan fingerprint density at radius 1 is 1.27 bits per heavy atom. The molecule has 0 saturated carbocycles. The Kier molecular flexibility index (Phi) is 3.45. The highest BCUT2D eigenvalue weighted by Crippen LogP contribution is 2.26. The van der Waals surface area contributed by atoms with Crippen LogP contribution in [0.2, 0.25) is 0 Å². The molecule has 2 heterocycles. The van der Waals surface area contributed by atoms with Gasteiger partial charge in [-0.2, -0.15) is 0 Å². The second kappa shape index (κ2) is 5.30. The minimum Gasteiger partial charge on any atom is -0.389 e. The molecule has 1 fully saturated rings. The lowest BCUT2D eigenvalue weighted by atomic mass is 10.1. The van der Waals surface area contributed by atoms with E-state index < -0.39 is 11.9 Å². The topological polar surface area (TPSA) is 48.3 Å². The fourth-order valence-corrected chi connectivity index (χ4v) is 2.86. The molecule has 1 saturated heterocycles. The molecule has 1 aliphatic heterocycles. The summed E-state index contributed by atoms with van der Waals surface area (Å²) in [5, 5.41) is 1.21. The monoisotopic (exact) mass is 295 g/mol. The molecule has 3 rings (SSSR count). The van der Waals surface area contributed by atoms with Crippen molar-refractivity contribution in [3.05, 3.63) is 52.7 Å². The van der Waals surface area contributed by atoms with Gasteiger partial charge in [0.15, 0.2) is 0 Å². The van der Waals surface area contributed by atoms with Gasteiger partial charge in [-0.3, -0.25) is 4.79 Å². The van der Waals surface area contributed by atoms with Gasteiger partial charge in [-0.1, -0.05) is 24.3 Å². The number of rotatable bonds is 2. The first-order chi connectivity index (χ1) is 10.5. The number of nitrogens with zero attached hydrogens (tertiary/aromatic N) is 1. The van der Waals surface area contributed by atoms with Gasteiger partial charge in [0.1, 0.15) is 0 Å². The quantitative estimate of drug-likeness (QED) is 0.485. The van der Waals surface area contributed by atoms with E-state index in [4.69, 9.17) is 0 Å². The van der Waals surface area contributed by atoms with Crippen molar-refractivity contribution in [2.24, 2.45) is 7.05 Å². The minimum atomic E-state index is -0.527. The molecule has 0 amide bonds. The predicted molar refractivity (Wildman–Crippen MR) is 85.1 cm³/mol. The highest BCUT2D eigenvalue weighted by atomic mass is 16.6. The number of benzene rings is 1. The molecular formula is C18H17NO3. The summed E-state index contributed by atoms with van der Waals surface area (Å²) in [4.78, 5) is 22.7. The molecule has 4 heteroatoms. The summed E-state index contributed by atoms with van der Waals surface area (Å²) < 4.78 is 6.69. The first kappa shape index (κ1) is 14.3. The van der Waals surface area contributed by atoms with Gasteiger partial charge in [0.05, 0.1) is 12.0 Å². The Morgan fingerprint density at radius 2 is 2.00 bits per heavy atom. The van der Waals surface area contributed by atoms with Crippen molar-refractivity contribution in [2.75, 3.05) is 0 Å². The van der Waals surface area contributed by atoms with Gasteiger partial charge in [0.25, 0.3) is 0 Å². The van der Waals surface area contributed by atoms with Gasteiger partial charge in [-0.05, 0) is 37.1 Å². The van der Waals surface area contributed by atoms with E-state index in [-0.39, 0.29) is 6.42 Å². The first-order valence-corrected chi connectivity index (χ1v) is 7.16. The van der Waals surface area contributed by atoms with Crippen LogP contribution >= 0.6 is 0 Å². The molecule has 1 aromatic carbocycles. The first-order valence-electron chi connectivity index (χ1n) is 7.16. The molecule has 2 aromatic rings. The lowest BCUT2D eigenvalue weighted by Crippen LogP contribution is -1.98. The number of aromatic nitrogens is 1. The summed E-state index contributed by atoms with van der Waals surface area (Å²) in [6.07, 6.45) is 3.91. The van der Waals surface area contributed by atoms with Crippen LogP contribution in [0.15, 0.2) is 41.5 Å². The van der Waals surface area contributed by atoms with Gasteiger partial charge >= 0.3 is 11.9 Å². The van der Waals surface area contributed by atoms with Gasteiger partial charge in [-0.15, -0.1) is 0 Å². The van der Waals surface area contributed by atoms with Crippen LogP contribution in [0, 0.1) is 6.92 Å². The number of esters is 2.